The fourth-order valence-corrected chi connectivity index (χ4v) is 7.01. The van der Waals surface area contributed by atoms with E-state index in [-0.39, 0.29) is 13.2 Å². The molecule has 0 saturated carbocycles. The molecule has 4 rings (SSSR count). The third kappa shape index (κ3) is 4.38. The van der Waals surface area contributed by atoms with Gasteiger partial charge in [0.2, 0.25) is 5.91 Å². The van der Waals surface area contributed by atoms with E-state index < -0.39 is 56.0 Å². The van der Waals surface area contributed by atoms with Crippen molar-refractivity contribution in [3.05, 3.63) is 71.8 Å². The highest BCUT2D eigenvalue weighted by molar-refractivity contribution is 7.93. The number of alkyl carbamates (subject to hydrolysis) is 1. The van der Waals surface area contributed by atoms with E-state index in [0.29, 0.717) is 0 Å². The SMILES string of the molecule is C[C@H](OC(=O)NCc1ccccc1)[C@@H]1C(=O)N2[C@@H](C(=O)OCc3ccccc3)C(C)(C)S(=O)(=O)[C@H]12. The maximum atomic E-state index is 13.4. The van der Waals surface area contributed by atoms with Crippen LogP contribution in [0.1, 0.15) is 31.9 Å². The van der Waals surface area contributed by atoms with Gasteiger partial charge in [-0.05, 0) is 31.9 Å². The molecule has 0 radical (unpaired) electrons. The molecule has 10 heteroatoms. The van der Waals surface area contributed by atoms with Gasteiger partial charge in [-0.25, -0.2) is 18.0 Å². The number of hydrogen-bond donors (Lipinski definition) is 1. The van der Waals surface area contributed by atoms with E-state index in [1.165, 1.54) is 20.8 Å². The molecule has 2 aliphatic heterocycles. The Labute approximate surface area is 204 Å². The first-order chi connectivity index (χ1) is 16.6. The molecule has 2 aliphatic rings. The lowest BCUT2D eigenvalue weighted by atomic mass is 9.88. The van der Waals surface area contributed by atoms with Gasteiger partial charge in [-0.1, -0.05) is 60.7 Å². The molecule has 2 amide bonds. The maximum absolute atomic E-state index is 13.4. The van der Waals surface area contributed by atoms with Crippen molar-refractivity contribution >= 4 is 27.8 Å². The number of esters is 1. The number of carbonyl (C=O) groups excluding carboxylic acids is 3. The molecule has 2 heterocycles. The van der Waals surface area contributed by atoms with Crippen molar-refractivity contribution in [1.82, 2.24) is 10.2 Å². The number of ether oxygens (including phenoxy) is 2. The molecule has 0 aromatic heterocycles. The fourth-order valence-electron chi connectivity index (χ4n) is 4.62. The first kappa shape index (κ1) is 24.7. The Morgan fingerprint density at radius 3 is 2.20 bits per heavy atom. The number of hydrogen-bond acceptors (Lipinski definition) is 7. The van der Waals surface area contributed by atoms with Gasteiger partial charge in [0.1, 0.15) is 24.7 Å². The minimum atomic E-state index is -3.97. The summed E-state index contributed by atoms with van der Waals surface area (Å²) in [5.41, 5.74) is 1.60. The van der Waals surface area contributed by atoms with Crippen LogP contribution in [0.15, 0.2) is 60.7 Å². The molecular weight excluding hydrogens is 472 g/mol. The van der Waals surface area contributed by atoms with E-state index >= 15 is 0 Å². The van der Waals surface area contributed by atoms with Crippen molar-refractivity contribution in [2.45, 2.75) is 56.2 Å². The Balaban J connectivity index is 1.44. The number of fused-ring (bicyclic) bond motifs is 1. The van der Waals surface area contributed by atoms with Gasteiger partial charge in [-0.15, -0.1) is 0 Å². The number of benzene rings is 2. The summed E-state index contributed by atoms with van der Waals surface area (Å²) in [6.07, 6.45) is -1.77. The van der Waals surface area contributed by atoms with Gasteiger partial charge in [-0.2, -0.15) is 0 Å². The highest BCUT2D eigenvalue weighted by Crippen LogP contribution is 2.50. The van der Waals surface area contributed by atoms with Gasteiger partial charge in [-0.3, -0.25) is 4.79 Å². The fraction of sp³-hybridized carbons (Fsp3) is 0.400. The summed E-state index contributed by atoms with van der Waals surface area (Å²) in [4.78, 5) is 39.3. The van der Waals surface area contributed by atoms with Crippen LogP contribution in [-0.2, 0) is 42.1 Å². The number of rotatable bonds is 7. The summed E-state index contributed by atoms with van der Waals surface area (Å²) in [6.45, 7) is 4.49. The van der Waals surface area contributed by atoms with Gasteiger partial charge < -0.3 is 19.7 Å². The molecule has 2 fully saturated rings. The number of amides is 2. The van der Waals surface area contributed by atoms with Gasteiger partial charge in [0.05, 0.1) is 4.75 Å². The molecule has 9 nitrogen and oxygen atoms in total. The predicted molar refractivity (Wildman–Crippen MR) is 126 cm³/mol. The zero-order chi connectivity index (χ0) is 25.4. The molecule has 1 N–H and O–H groups in total. The topological polar surface area (TPSA) is 119 Å². The molecule has 2 aromatic carbocycles. The first-order valence-electron chi connectivity index (χ1n) is 11.3. The molecule has 2 saturated heterocycles. The van der Waals surface area contributed by atoms with Crippen LogP contribution < -0.4 is 5.32 Å². The normalized spacial score (nSPS) is 24.6. The van der Waals surface area contributed by atoms with Crippen LogP contribution in [0, 0.1) is 5.92 Å². The monoisotopic (exact) mass is 500 g/mol. The number of β-lactam (4-membered cyclic amide) rings is 1. The first-order valence-corrected chi connectivity index (χ1v) is 12.8. The van der Waals surface area contributed by atoms with Crippen molar-refractivity contribution in [3.8, 4) is 0 Å². The zero-order valence-electron chi connectivity index (χ0n) is 19.7. The second-order valence-corrected chi connectivity index (χ2v) is 11.9. The minimum Gasteiger partial charge on any atom is -0.459 e. The third-order valence-electron chi connectivity index (χ3n) is 6.63. The van der Waals surface area contributed by atoms with E-state index in [2.05, 4.69) is 5.32 Å². The number of nitrogens with one attached hydrogen (secondary N) is 1. The van der Waals surface area contributed by atoms with Crippen molar-refractivity contribution in [1.29, 1.82) is 0 Å². The van der Waals surface area contributed by atoms with E-state index in [4.69, 9.17) is 9.47 Å². The molecule has 35 heavy (non-hydrogen) atoms. The van der Waals surface area contributed by atoms with Crippen molar-refractivity contribution in [2.75, 3.05) is 0 Å². The third-order valence-corrected chi connectivity index (χ3v) is 9.48. The molecule has 0 bridgehead atoms. The Bertz CT molecular complexity index is 1210. The molecule has 0 aliphatic carbocycles. The molecule has 2 aromatic rings. The van der Waals surface area contributed by atoms with Crippen LogP contribution in [0.3, 0.4) is 0 Å². The van der Waals surface area contributed by atoms with Crippen molar-refractivity contribution < 1.29 is 32.3 Å². The second-order valence-electron chi connectivity index (χ2n) is 9.26. The van der Waals surface area contributed by atoms with E-state index in [9.17, 15) is 22.8 Å². The highest BCUT2D eigenvalue weighted by atomic mass is 32.2. The lowest BCUT2D eigenvalue weighted by Crippen LogP contribution is -2.66. The number of carbonyl (C=O) groups is 3. The van der Waals surface area contributed by atoms with Gasteiger partial charge in [0.25, 0.3) is 0 Å². The smallest absolute Gasteiger partial charge is 0.407 e. The average Bonchev–Trinajstić information content (AvgIpc) is 2.97. The Hall–Kier alpha value is -3.40. The summed E-state index contributed by atoms with van der Waals surface area (Å²) in [5.74, 6) is -2.45. The molecule has 0 spiro atoms. The lowest BCUT2D eigenvalue weighted by molar-refractivity contribution is -0.171. The standard InChI is InChI=1S/C25H28N2O7S/c1-16(34-24(30)26-14-17-10-6-4-7-11-17)19-21(28)27-20(25(2,3)35(31,32)22(19)27)23(29)33-15-18-12-8-5-9-13-18/h4-13,16,19-20,22H,14-15H2,1-3H3,(H,26,30)/t16-,19+,20-,22+/m0/s1. The van der Waals surface area contributed by atoms with Gasteiger partial charge in [0.15, 0.2) is 15.2 Å². The van der Waals surface area contributed by atoms with Gasteiger partial charge in [0, 0.05) is 6.54 Å². The van der Waals surface area contributed by atoms with Crippen molar-refractivity contribution in [3.63, 3.8) is 0 Å². The zero-order valence-corrected chi connectivity index (χ0v) is 20.5. The molecule has 0 unspecified atom stereocenters. The van der Waals surface area contributed by atoms with Gasteiger partial charge >= 0.3 is 12.1 Å². The summed E-state index contributed by atoms with van der Waals surface area (Å²) in [6, 6.07) is 16.9. The predicted octanol–water partition coefficient (Wildman–Crippen LogP) is 2.40. The summed E-state index contributed by atoms with van der Waals surface area (Å²) >= 11 is 0. The Morgan fingerprint density at radius 2 is 1.60 bits per heavy atom. The van der Waals surface area contributed by atoms with Crippen LogP contribution in [0.25, 0.3) is 0 Å². The van der Waals surface area contributed by atoms with E-state index in [1.54, 1.807) is 24.3 Å². The molecular formula is C25H28N2O7S. The lowest BCUT2D eigenvalue weighted by Gasteiger charge is -2.44. The maximum Gasteiger partial charge on any atom is 0.407 e. The second kappa shape index (κ2) is 9.33. The van der Waals surface area contributed by atoms with Crippen LogP contribution in [0.4, 0.5) is 4.79 Å². The summed E-state index contributed by atoms with van der Waals surface area (Å²) < 4.78 is 35.9. The van der Waals surface area contributed by atoms with Crippen LogP contribution in [-0.4, -0.2) is 53.6 Å². The largest absolute Gasteiger partial charge is 0.459 e. The number of sulfone groups is 1. The van der Waals surface area contributed by atoms with Crippen molar-refractivity contribution in [2.24, 2.45) is 5.92 Å². The average molecular weight is 501 g/mol. The van der Waals surface area contributed by atoms with E-state index in [1.807, 2.05) is 36.4 Å². The molecule has 186 valence electrons. The van der Waals surface area contributed by atoms with Crippen LogP contribution in [0.5, 0.6) is 0 Å². The van der Waals surface area contributed by atoms with E-state index in [0.717, 1.165) is 16.0 Å². The minimum absolute atomic E-state index is 0.0382. The van der Waals surface area contributed by atoms with Crippen LogP contribution >= 0.6 is 0 Å². The molecule has 4 atom stereocenters. The quantitative estimate of drug-likeness (QED) is 0.458. The summed E-state index contributed by atoms with van der Waals surface area (Å²) in [7, 11) is -3.97. The summed E-state index contributed by atoms with van der Waals surface area (Å²) in [5, 5.41) is 1.33. The Kier molecular flexibility index (Phi) is 6.59. The Morgan fingerprint density at radius 1 is 1.03 bits per heavy atom. The van der Waals surface area contributed by atoms with Crippen LogP contribution in [0.2, 0.25) is 0 Å². The number of nitrogens with zero attached hydrogens (tertiary/aromatic N) is 1. The highest BCUT2D eigenvalue weighted by Gasteiger charge is 2.73.